The van der Waals surface area contributed by atoms with Crippen LogP contribution in [0.4, 0.5) is 0 Å². The summed E-state index contributed by atoms with van der Waals surface area (Å²) in [6.45, 7) is 7.94. The van der Waals surface area contributed by atoms with Gasteiger partial charge >= 0.3 is 5.97 Å². The molecule has 0 unspecified atom stereocenters. The molecule has 6 nitrogen and oxygen atoms in total. The number of hydrogen-bond donors (Lipinski definition) is 1. The van der Waals surface area contributed by atoms with Crippen molar-refractivity contribution in [1.82, 2.24) is 14.7 Å². The molecular weight excluding hydrogens is 306 g/mol. The van der Waals surface area contributed by atoms with Crippen LogP contribution in [0.15, 0.2) is 30.6 Å². The zero-order chi connectivity index (χ0) is 17.1. The zero-order valence-electron chi connectivity index (χ0n) is 14.1. The lowest BCUT2D eigenvalue weighted by Gasteiger charge is -2.18. The van der Waals surface area contributed by atoms with Crippen LogP contribution in [0.2, 0.25) is 0 Å². The van der Waals surface area contributed by atoms with Gasteiger partial charge in [-0.05, 0) is 12.0 Å². The first-order chi connectivity index (χ1) is 11.5. The van der Waals surface area contributed by atoms with E-state index in [1.54, 1.807) is 12.1 Å². The standard InChI is InChI=1S/C18H23N3O3/c1-13(2)9-21-11-14(8-19-21)10-20-6-7-24-17-15(12-20)4-3-5-16(17)18(22)23/h3-5,8,11,13H,6-7,9-10,12H2,1-2H3,(H,22,23). The number of ether oxygens (including phenoxy) is 1. The third-order valence-electron chi connectivity index (χ3n) is 4.02. The number of hydrogen-bond acceptors (Lipinski definition) is 4. The SMILES string of the molecule is CC(C)Cn1cc(CN2CCOc3c(cccc3C(=O)O)C2)cn1. The Morgan fingerprint density at radius 3 is 3.00 bits per heavy atom. The number of benzene rings is 1. The first-order valence-electron chi connectivity index (χ1n) is 8.24. The number of carboxylic acid groups (broad SMARTS) is 1. The summed E-state index contributed by atoms with van der Waals surface area (Å²) in [5.41, 5.74) is 2.31. The van der Waals surface area contributed by atoms with E-state index in [4.69, 9.17) is 4.74 Å². The van der Waals surface area contributed by atoms with Crippen LogP contribution in [0.3, 0.4) is 0 Å². The van der Waals surface area contributed by atoms with E-state index >= 15 is 0 Å². The first kappa shape index (κ1) is 16.5. The Morgan fingerprint density at radius 1 is 1.42 bits per heavy atom. The van der Waals surface area contributed by atoms with E-state index in [2.05, 4.69) is 30.0 Å². The van der Waals surface area contributed by atoms with Gasteiger partial charge in [-0.1, -0.05) is 26.0 Å². The molecule has 0 atom stereocenters. The second kappa shape index (κ2) is 7.05. The van der Waals surface area contributed by atoms with Gasteiger partial charge in [0.15, 0.2) is 0 Å². The number of aromatic carboxylic acids is 1. The van der Waals surface area contributed by atoms with E-state index in [-0.39, 0.29) is 5.56 Å². The molecule has 2 heterocycles. The lowest BCUT2D eigenvalue weighted by Crippen LogP contribution is -2.25. The lowest BCUT2D eigenvalue weighted by atomic mass is 10.1. The third kappa shape index (κ3) is 3.76. The van der Waals surface area contributed by atoms with Crippen molar-refractivity contribution in [2.24, 2.45) is 5.92 Å². The van der Waals surface area contributed by atoms with Gasteiger partial charge in [0.2, 0.25) is 0 Å². The predicted octanol–water partition coefficient (Wildman–Crippen LogP) is 2.63. The second-order valence-electron chi connectivity index (χ2n) is 6.62. The number of rotatable bonds is 5. The first-order valence-corrected chi connectivity index (χ1v) is 8.24. The van der Waals surface area contributed by atoms with Gasteiger partial charge in [0.25, 0.3) is 0 Å². The highest BCUT2D eigenvalue weighted by molar-refractivity contribution is 5.91. The summed E-state index contributed by atoms with van der Waals surface area (Å²) in [4.78, 5) is 13.6. The van der Waals surface area contributed by atoms with Gasteiger partial charge in [-0.15, -0.1) is 0 Å². The number of carbonyl (C=O) groups is 1. The molecule has 6 heteroatoms. The Hall–Kier alpha value is -2.34. The molecule has 0 saturated heterocycles. The summed E-state index contributed by atoms with van der Waals surface area (Å²) in [7, 11) is 0. The van der Waals surface area contributed by atoms with Crippen LogP contribution in [0.25, 0.3) is 0 Å². The van der Waals surface area contributed by atoms with Crippen molar-refractivity contribution in [1.29, 1.82) is 0 Å². The Morgan fingerprint density at radius 2 is 2.25 bits per heavy atom. The van der Waals surface area contributed by atoms with Crippen LogP contribution < -0.4 is 4.74 Å². The molecule has 1 aromatic heterocycles. The molecule has 0 spiro atoms. The number of aromatic nitrogens is 2. The Bertz CT molecular complexity index is 724. The minimum atomic E-state index is -0.949. The smallest absolute Gasteiger partial charge is 0.339 e. The van der Waals surface area contributed by atoms with Crippen LogP contribution in [-0.4, -0.2) is 38.9 Å². The fraction of sp³-hybridized carbons (Fsp3) is 0.444. The summed E-state index contributed by atoms with van der Waals surface area (Å²) in [6, 6.07) is 5.30. The van der Waals surface area contributed by atoms with Crippen molar-refractivity contribution in [3.05, 3.63) is 47.3 Å². The number of nitrogens with zero attached hydrogens (tertiary/aromatic N) is 3. The molecule has 0 radical (unpaired) electrons. The van der Waals surface area contributed by atoms with Gasteiger partial charge in [-0.3, -0.25) is 9.58 Å². The van der Waals surface area contributed by atoms with Gasteiger partial charge < -0.3 is 9.84 Å². The maximum atomic E-state index is 11.3. The van der Waals surface area contributed by atoms with Gasteiger partial charge in [-0.25, -0.2) is 4.79 Å². The van der Waals surface area contributed by atoms with E-state index in [9.17, 15) is 9.90 Å². The van der Waals surface area contributed by atoms with Crippen molar-refractivity contribution < 1.29 is 14.6 Å². The summed E-state index contributed by atoms with van der Waals surface area (Å²) in [5, 5.41) is 13.7. The van der Waals surface area contributed by atoms with Crippen molar-refractivity contribution in [3.8, 4) is 5.75 Å². The zero-order valence-corrected chi connectivity index (χ0v) is 14.1. The molecule has 1 aliphatic heterocycles. The molecule has 0 saturated carbocycles. The molecule has 1 N–H and O–H groups in total. The molecule has 0 amide bonds. The molecule has 128 valence electrons. The molecule has 1 aliphatic rings. The minimum Gasteiger partial charge on any atom is -0.491 e. The van der Waals surface area contributed by atoms with Crippen molar-refractivity contribution >= 4 is 5.97 Å². The minimum absolute atomic E-state index is 0.235. The quantitative estimate of drug-likeness (QED) is 0.913. The highest BCUT2D eigenvalue weighted by Gasteiger charge is 2.21. The van der Waals surface area contributed by atoms with Crippen LogP contribution in [0, 0.1) is 5.92 Å². The normalized spacial score (nSPS) is 15.0. The van der Waals surface area contributed by atoms with Crippen molar-refractivity contribution in [3.63, 3.8) is 0 Å². The molecular formula is C18H23N3O3. The van der Waals surface area contributed by atoms with Gasteiger partial charge in [0, 0.05) is 43.5 Å². The average Bonchev–Trinajstić information content (AvgIpc) is 2.83. The Kier molecular flexibility index (Phi) is 4.85. The maximum Gasteiger partial charge on any atom is 0.339 e. The van der Waals surface area contributed by atoms with Crippen LogP contribution in [0.5, 0.6) is 5.75 Å². The van der Waals surface area contributed by atoms with Crippen LogP contribution in [-0.2, 0) is 19.6 Å². The van der Waals surface area contributed by atoms with E-state index in [1.807, 2.05) is 16.9 Å². The Balaban J connectivity index is 1.73. The summed E-state index contributed by atoms with van der Waals surface area (Å²) >= 11 is 0. The lowest BCUT2D eigenvalue weighted by molar-refractivity contribution is 0.0692. The van der Waals surface area contributed by atoms with Gasteiger partial charge in [-0.2, -0.15) is 5.10 Å². The molecule has 24 heavy (non-hydrogen) atoms. The van der Waals surface area contributed by atoms with E-state index in [1.165, 1.54) is 0 Å². The fourth-order valence-corrected chi connectivity index (χ4v) is 3.00. The maximum absolute atomic E-state index is 11.3. The van der Waals surface area contributed by atoms with Gasteiger partial charge in [0.1, 0.15) is 17.9 Å². The van der Waals surface area contributed by atoms with Crippen LogP contribution in [0.1, 0.15) is 35.3 Å². The molecule has 3 rings (SSSR count). The number of fused-ring (bicyclic) bond motifs is 1. The average molecular weight is 329 g/mol. The summed E-state index contributed by atoms with van der Waals surface area (Å²) < 4.78 is 7.70. The largest absolute Gasteiger partial charge is 0.491 e. The number of carboxylic acids is 1. The second-order valence-corrected chi connectivity index (χ2v) is 6.62. The molecule has 0 aliphatic carbocycles. The van der Waals surface area contributed by atoms with Crippen molar-refractivity contribution in [2.45, 2.75) is 33.5 Å². The topological polar surface area (TPSA) is 67.6 Å². The molecule has 0 bridgehead atoms. The Labute approximate surface area is 141 Å². The van der Waals surface area contributed by atoms with Crippen molar-refractivity contribution in [2.75, 3.05) is 13.2 Å². The fourth-order valence-electron chi connectivity index (χ4n) is 3.00. The van der Waals surface area contributed by atoms with E-state index in [0.717, 1.165) is 30.8 Å². The highest BCUT2D eigenvalue weighted by atomic mass is 16.5. The predicted molar refractivity (Wildman–Crippen MR) is 90.1 cm³/mol. The van der Waals surface area contributed by atoms with E-state index in [0.29, 0.717) is 24.8 Å². The molecule has 1 aromatic carbocycles. The summed E-state index contributed by atoms with van der Waals surface area (Å²) in [5.74, 6) is 0.115. The summed E-state index contributed by atoms with van der Waals surface area (Å²) in [6.07, 6.45) is 3.99. The highest BCUT2D eigenvalue weighted by Crippen LogP contribution is 2.28. The van der Waals surface area contributed by atoms with Crippen LogP contribution >= 0.6 is 0 Å². The molecule has 2 aromatic rings. The monoisotopic (exact) mass is 329 g/mol. The number of para-hydroxylation sites is 1. The van der Waals surface area contributed by atoms with E-state index < -0.39 is 5.97 Å². The molecule has 0 fully saturated rings. The van der Waals surface area contributed by atoms with Gasteiger partial charge in [0.05, 0.1) is 6.20 Å². The third-order valence-corrected chi connectivity index (χ3v) is 4.02.